The number of hydrogen-bond donors (Lipinski definition) is 1. The van der Waals surface area contributed by atoms with E-state index < -0.39 is 18.4 Å². The van der Waals surface area contributed by atoms with Crippen LogP contribution in [0, 0.1) is 0 Å². The van der Waals surface area contributed by atoms with Crippen LogP contribution in [0.3, 0.4) is 0 Å². The fourth-order valence-corrected chi connectivity index (χ4v) is 1.18. The van der Waals surface area contributed by atoms with E-state index in [1.165, 1.54) is 12.1 Å². The van der Waals surface area contributed by atoms with Gasteiger partial charge in [0.25, 0.3) is 0 Å². The maximum absolute atomic E-state index is 11.9. The third-order valence-corrected chi connectivity index (χ3v) is 1.82. The first-order valence-electron chi connectivity index (χ1n) is 4.25. The Morgan fingerprint density at radius 3 is 2.71 bits per heavy atom. The van der Waals surface area contributed by atoms with Crippen LogP contribution in [0.5, 0.6) is 6.08 Å². The predicted octanol–water partition coefficient (Wildman–Crippen LogP) is 2.42. The zero-order valence-corrected chi connectivity index (χ0v) is 7.99. The van der Waals surface area contributed by atoms with Crippen LogP contribution in [0.2, 0.25) is 0 Å². The number of benzene rings is 1. The Kier molecular flexibility index (Phi) is 2.41. The van der Waals surface area contributed by atoms with Gasteiger partial charge in [0, 0.05) is 0 Å². The highest BCUT2D eigenvalue weighted by Gasteiger charge is 2.33. The molecule has 0 aliphatic heterocycles. The second-order valence-electron chi connectivity index (χ2n) is 3.02. The van der Waals surface area contributed by atoms with Gasteiger partial charge in [0.05, 0.1) is 5.56 Å². The molecule has 2 rings (SSSR count). The Bertz CT molecular complexity index is 575. The summed E-state index contributed by atoms with van der Waals surface area (Å²) in [7, 11) is 0. The number of halogens is 3. The molecule has 0 atom stereocenters. The van der Waals surface area contributed by atoms with Gasteiger partial charge < -0.3 is 14.3 Å². The van der Waals surface area contributed by atoms with Crippen LogP contribution in [-0.2, 0) is 0 Å². The van der Waals surface area contributed by atoms with E-state index in [1.807, 2.05) is 0 Å². The van der Waals surface area contributed by atoms with Crippen LogP contribution in [0.25, 0.3) is 11.1 Å². The summed E-state index contributed by atoms with van der Waals surface area (Å²) in [5.41, 5.74) is -0.122. The summed E-state index contributed by atoms with van der Waals surface area (Å²) in [5, 5.41) is 8.67. The van der Waals surface area contributed by atoms with Crippen molar-refractivity contribution in [3.8, 4) is 6.08 Å². The van der Waals surface area contributed by atoms with E-state index >= 15 is 0 Å². The van der Waals surface area contributed by atoms with E-state index in [9.17, 15) is 18.0 Å². The van der Waals surface area contributed by atoms with Crippen molar-refractivity contribution in [3.63, 3.8) is 0 Å². The topological polar surface area (TPSA) is 72.6 Å². The number of fused-ring (bicyclic) bond motifs is 1. The van der Waals surface area contributed by atoms with E-state index in [0.717, 1.165) is 6.07 Å². The molecule has 0 amide bonds. The molecular formula is C9H4F3NO4. The van der Waals surface area contributed by atoms with Gasteiger partial charge in [0.15, 0.2) is 5.58 Å². The lowest BCUT2D eigenvalue weighted by Crippen LogP contribution is -2.17. The van der Waals surface area contributed by atoms with Crippen LogP contribution in [-0.4, -0.2) is 22.4 Å². The summed E-state index contributed by atoms with van der Waals surface area (Å²) >= 11 is 0. The van der Waals surface area contributed by atoms with Crippen molar-refractivity contribution in [2.75, 3.05) is 0 Å². The highest BCUT2D eigenvalue weighted by atomic mass is 19.4. The molecule has 0 bridgehead atoms. The molecule has 1 N–H and O–H groups in total. The molecule has 1 aromatic heterocycles. The van der Waals surface area contributed by atoms with Crippen molar-refractivity contribution in [3.05, 3.63) is 23.8 Å². The van der Waals surface area contributed by atoms with Gasteiger partial charge in [0.1, 0.15) is 5.52 Å². The quantitative estimate of drug-likeness (QED) is 0.882. The van der Waals surface area contributed by atoms with Crippen molar-refractivity contribution in [2.24, 2.45) is 0 Å². The van der Waals surface area contributed by atoms with Gasteiger partial charge in [0.2, 0.25) is 0 Å². The number of rotatable bonds is 2. The molecule has 17 heavy (non-hydrogen) atoms. The van der Waals surface area contributed by atoms with Gasteiger partial charge in [-0.15, -0.1) is 13.2 Å². The Morgan fingerprint density at radius 2 is 2.12 bits per heavy atom. The fraction of sp³-hybridized carbons (Fsp3) is 0.111. The molecule has 2 aromatic rings. The number of carbonyl (C=O) groups is 1. The highest BCUT2D eigenvalue weighted by Crippen LogP contribution is 2.26. The summed E-state index contributed by atoms with van der Waals surface area (Å²) in [6, 6.07) is 3.48. The first-order valence-corrected chi connectivity index (χ1v) is 4.25. The minimum Gasteiger partial charge on any atom is -0.478 e. The van der Waals surface area contributed by atoms with E-state index in [-0.39, 0.29) is 16.7 Å². The lowest BCUT2D eigenvalue weighted by atomic mass is 10.2. The van der Waals surface area contributed by atoms with E-state index in [2.05, 4.69) is 14.1 Å². The maximum Gasteiger partial charge on any atom is 0.576 e. The molecule has 0 radical (unpaired) electrons. The number of nitrogens with zero attached hydrogens (tertiary/aromatic N) is 1. The SMILES string of the molecule is O=C(O)c1ccc2oc(OC(F)(F)F)nc2c1. The van der Waals surface area contributed by atoms with Gasteiger partial charge in [-0.1, -0.05) is 0 Å². The predicted molar refractivity (Wildman–Crippen MR) is 47.7 cm³/mol. The smallest absolute Gasteiger partial charge is 0.478 e. The minimum atomic E-state index is -4.91. The number of ether oxygens (including phenoxy) is 1. The van der Waals surface area contributed by atoms with E-state index in [1.54, 1.807) is 0 Å². The second kappa shape index (κ2) is 3.65. The molecule has 0 spiro atoms. The molecule has 8 heteroatoms. The first-order chi connectivity index (χ1) is 7.85. The zero-order chi connectivity index (χ0) is 12.6. The molecule has 5 nitrogen and oxygen atoms in total. The molecule has 1 heterocycles. The average Bonchev–Trinajstić information content (AvgIpc) is 2.54. The highest BCUT2D eigenvalue weighted by molar-refractivity contribution is 5.91. The molecule has 90 valence electrons. The maximum atomic E-state index is 11.9. The van der Waals surface area contributed by atoms with Crippen molar-refractivity contribution >= 4 is 17.1 Å². The molecule has 0 aliphatic rings. The molecular weight excluding hydrogens is 243 g/mol. The van der Waals surface area contributed by atoms with Crippen molar-refractivity contribution in [2.45, 2.75) is 6.36 Å². The number of carboxylic acids is 1. The average molecular weight is 247 g/mol. The lowest BCUT2D eigenvalue weighted by molar-refractivity contribution is -0.282. The standard InChI is InChI=1S/C9H4F3NO4/c10-9(11,12)17-8-13-5-3-4(7(14)15)1-2-6(5)16-8/h1-3H,(H,14,15). The van der Waals surface area contributed by atoms with Gasteiger partial charge in [-0.2, -0.15) is 4.98 Å². The number of aromatic carboxylic acids is 1. The molecule has 1 aromatic carbocycles. The first kappa shape index (κ1) is 11.2. The molecule has 0 fully saturated rings. The Balaban J connectivity index is 2.40. The largest absolute Gasteiger partial charge is 0.576 e. The Hall–Kier alpha value is -2.25. The van der Waals surface area contributed by atoms with Gasteiger partial charge in [-0.05, 0) is 18.2 Å². The van der Waals surface area contributed by atoms with Gasteiger partial charge in [-0.3, -0.25) is 0 Å². The van der Waals surface area contributed by atoms with Crippen LogP contribution in [0.1, 0.15) is 10.4 Å². The minimum absolute atomic E-state index is 0.00856. The number of alkyl halides is 3. The molecule has 0 aliphatic carbocycles. The molecule has 0 unspecified atom stereocenters. The van der Waals surface area contributed by atoms with Crippen LogP contribution >= 0.6 is 0 Å². The lowest BCUT2D eigenvalue weighted by Gasteiger charge is -2.02. The van der Waals surface area contributed by atoms with Crippen molar-refractivity contribution < 1.29 is 32.2 Å². The van der Waals surface area contributed by atoms with Crippen LogP contribution in [0.15, 0.2) is 22.6 Å². The Morgan fingerprint density at radius 1 is 1.41 bits per heavy atom. The number of oxazole rings is 1. The third kappa shape index (κ3) is 2.47. The normalized spacial score (nSPS) is 11.7. The molecule has 0 saturated carbocycles. The third-order valence-electron chi connectivity index (χ3n) is 1.82. The number of hydrogen-bond acceptors (Lipinski definition) is 4. The fourth-order valence-electron chi connectivity index (χ4n) is 1.18. The van der Waals surface area contributed by atoms with Crippen molar-refractivity contribution in [1.29, 1.82) is 0 Å². The summed E-state index contributed by atoms with van der Waals surface area (Å²) < 4.78 is 43.7. The molecule has 0 saturated heterocycles. The summed E-state index contributed by atoms with van der Waals surface area (Å²) in [6.45, 7) is 0. The number of carboxylic acid groups (broad SMARTS) is 1. The zero-order valence-electron chi connectivity index (χ0n) is 7.99. The second-order valence-corrected chi connectivity index (χ2v) is 3.02. The van der Waals surface area contributed by atoms with Crippen molar-refractivity contribution in [1.82, 2.24) is 4.98 Å². The summed E-state index contributed by atoms with van der Waals surface area (Å²) in [5.74, 6) is -1.21. The summed E-state index contributed by atoms with van der Waals surface area (Å²) in [6.07, 6.45) is -5.88. The summed E-state index contributed by atoms with van der Waals surface area (Å²) in [4.78, 5) is 14.0. The van der Waals surface area contributed by atoms with E-state index in [0.29, 0.717) is 0 Å². The Labute approximate surface area is 91.4 Å². The number of aromatic nitrogens is 1. The van der Waals surface area contributed by atoms with Crippen LogP contribution in [0.4, 0.5) is 13.2 Å². The van der Waals surface area contributed by atoms with Crippen LogP contribution < -0.4 is 4.74 Å². The van der Waals surface area contributed by atoms with Gasteiger partial charge in [-0.25, -0.2) is 4.79 Å². The van der Waals surface area contributed by atoms with E-state index in [4.69, 9.17) is 5.11 Å². The monoisotopic (exact) mass is 247 g/mol. The van der Waals surface area contributed by atoms with Gasteiger partial charge >= 0.3 is 18.4 Å².